The molecule has 0 bridgehead atoms. The molecule has 0 aliphatic heterocycles. The predicted octanol–water partition coefficient (Wildman–Crippen LogP) is 2.66. The van der Waals surface area contributed by atoms with Gasteiger partial charge in [0.2, 0.25) is 0 Å². The van der Waals surface area contributed by atoms with Crippen molar-refractivity contribution in [3.8, 4) is 11.5 Å². The summed E-state index contributed by atoms with van der Waals surface area (Å²) in [4.78, 5) is 21.5. The van der Waals surface area contributed by atoms with Gasteiger partial charge in [0.05, 0.1) is 0 Å². The average molecular weight is 294 g/mol. The van der Waals surface area contributed by atoms with E-state index in [0.29, 0.717) is 11.5 Å². The van der Waals surface area contributed by atoms with Crippen LogP contribution in [-0.4, -0.2) is 24.1 Å². The molecule has 0 saturated carbocycles. The highest BCUT2D eigenvalue weighted by atomic mass is 16.5. The Kier molecular flexibility index (Phi) is 5.77. The zero-order valence-corrected chi connectivity index (χ0v) is 11.7. The van der Waals surface area contributed by atoms with Gasteiger partial charge in [-0.15, -0.1) is 0 Å². The first-order valence-corrected chi connectivity index (χ1v) is 6.69. The molecule has 110 valence electrons. The molecule has 2 aromatic carbocycles. The van der Waals surface area contributed by atoms with Gasteiger partial charge in [-0.05, 0) is 24.3 Å². The number of carbonyl (C=O) groups excluding carboxylic acids is 2. The van der Waals surface area contributed by atoms with E-state index in [4.69, 9.17) is 9.47 Å². The Morgan fingerprint density at radius 3 is 1.36 bits per heavy atom. The molecule has 0 N–H and O–H groups in total. The van der Waals surface area contributed by atoms with Crippen molar-refractivity contribution in [3.63, 3.8) is 0 Å². The van der Waals surface area contributed by atoms with Crippen LogP contribution in [-0.2, 0) is 9.59 Å². The van der Waals surface area contributed by atoms with Crippen molar-refractivity contribution in [3.05, 3.63) is 72.8 Å². The summed E-state index contributed by atoms with van der Waals surface area (Å²) < 4.78 is 11.4. The SMILES string of the molecule is O=C=CC(Oc1ccccc1)C(C=C=O)Oc1ccccc1. The smallest absolute Gasteiger partial charge is 0.168 e. The summed E-state index contributed by atoms with van der Waals surface area (Å²) in [6, 6.07) is 17.9. The van der Waals surface area contributed by atoms with Crippen LogP contribution >= 0.6 is 0 Å². The third-order valence-corrected chi connectivity index (χ3v) is 2.82. The summed E-state index contributed by atoms with van der Waals surface area (Å²) in [7, 11) is 0. The predicted molar refractivity (Wildman–Crippen MR) is 82.2 cm³/mol. The molecule has 0 aliphatic rings. The summed E-state index contributed by atoms with van der Waals surface area (Å²) in [5, 5.41) is 0. The van der Waals surface area contributed by atoms with E-state index >= 15 is 0 Å². The minimum Gasteiger partial charge on any atom is -0.481 e. The van der Waals surface area contributed by atoms with Gasteiger partial charge in [0.1, 0.15) is 23.4 Å². The van der Waals surface area contributed by atoms with Crippen LogP contribution in [0.5, 0.6) is 11.5 Å². The van der Waals surface area contributed by atoms with Crippen LogP contribution in [0, 0.1) is 0 Å². The number of benzene rings is 2. The Morgan fingerprint density at radius 2 is 1.05 bits per heavy atom. The van der Waals surface area contributed by atoms with E-state index in [0.717, 1.165) is 0 Å². The Labute approximate surface area is 128 Å². The van der Waals surface area contributed by atoms with E-state index in [1.54, 1.807) is 60.4 Å². The highest BCUT2D eigenvalue weighted by molar-refractivity contribution is 5.50. The van der Waals surface area contributed by atoms with Gasteiger partial charge in [0.25, 0.3) is 0 Å². The summed E-state index contributed by atoms with van der Waals surface area (Å²) in [5.41, 5.74) is 0. The van der Waals surface area contributed by atoms with E-state index < -0.39 is 12.2 Å². The third-order valence-electron chi connectivity index (χ3n) is 2.82. The summed E-state index contributed by atoms with van der Waals surface area (Å²) in [6.07, 6.45) is 0.770. The molecular weight excluding hydrogens is 280 g/mol. The second-order valence-corrected chi connectivity index (χ2v) is 4.36. The molecule has 0 amide bonds. The zero-order chi connectivity index (χ0) is 15.6. The molecule has 0 aromatic heterocycles. The number of para-hydroxylation sites is 2. The molecule has 0 radical (unpaired) electrons. The molecule has 0 saturated heterocycles. The van der Waals surface area contributed by atoms with Crippen LogP contribution in [0.1, 0.15) is 0 Å². The van der Waals surface area contributed by atoms with E-state index in [-0.39, 0.29) is 0 Å². The third kappa shape index (κ3) is 4.50. The van der Waals surface area contributed by atoms with Gasteiger partial charge in [-0.2, -0.15) is 0 Å². The molecule has 0 fully saturated rings. The monoisotopic (exact) mass is 294 g/mol. The van der Waals surface area contributed by atoms with Crippen LogP contribution in [0.25, 0.3) is 0 Å². The Morgan fingerprint density at radius 1 is 0.682 bits per heavy atom. The van der Waals surface area contributed by atoms with E-state index in [1.807, 2.05) is 12.1 Å². The molecule has 4 heteroatoms. The molecule has 0 heterocycles. The first-order valence-electron chi connectivity index (χ1n) is 6.69. The molecule has 22 heavy (non-hydrogen) atoms. The molecule has 0 spiro atoms. The van der Waals surface area contributed by atoms with Crippen LogP contribution in [0.2, 0.25) is 0 Å². The standard InChI is InChI=1S/C18H14O4/c19-13-11-17(21-15-7-3-1-4-8-15)18(12-14-20)22-16-9-5-2-6-10-16/h1-12,17-18H. The minimum absolute atomic E-state index is 0.556. The lowest BCUT2D eigenvalue weighted by molar-refractivity contribution is 0.116. The topological polar surface area (TPSA) is 52.6 Å². The highest BCUT2D eigenvalue weighted by Gasteiger charge is 2.22. The molecule has 2 rings (SSSR count). The van der Waals surface area contributed by atoms with Crippen molar-refractivity contribution < 1.29 is 19.1 Å². The molecule has 2 unspecified atom stereocenters. The fraction of sp³-hybridized carbons (Fsp3) is 0.111. The van der Waals surface area contributed by atoms with Gasteiger partial charge in [0, 0.05) is 12.2 Å². The second kappa shape index (κ2) is 8.28. The normalized spacial score (nSPS) is 12.2. The van der Waals surface area contributed by atoms with Crippen LogP contribution < -0.4 is 9.47 Å². The summed E-state index contributed by atoms with van der Waals surface area (Å²) in [6.45, 7) is 0. The van der Waals surface area contributed by atoms with Crippen LogP contribution in [0.4, 0.5) is 0 Å². The lowest BCUT2D eigenvalue weighted by atomic mass is 10.2. The molecule has 0 aliphatic carbocycles. The van der Waals surface area contributed by atoms with Gasteiger partial charge < -0.3 is 9.47 Å². The first kappa shape index (κ1) is 15.3. The minimum atomic E-state index is -0.790. The number of hydrogen-bond donors (Lipinski definition) is 0. The fourth-order valence-corrected chi connectivity index (χ4v) is 1.84. The van der Waals surface area contributed by atoms with Crippen molar-refractivity contribution in [1.29, 1.82) is 0 Å². The number of rotatable bonds is 7. The van der Waals surface area contributed by atoms with Crippen molar-refractivity contribution in [2.24, 2.45) is 0 Å². The summed E-state index contributed by atoms with van der Waals surface area (Å²) >= 11 is 0. The fourth-order valence-electron chi connectivity index (χ4n) is 1.84. The maximum absolute atomic E-state index is 10.7. The highest BCUT2D eigenvalue weighted by Crippen LogP contribution is 2.18. The van der Waals surface area contributed by atoms with Gasteiger partial charge >= 0.3 is 0 Å². The lowest BCUT2D eigenvalue weighted by Gasteiger charge is -2.22. The number of hydrogen-bond acceptors (Lipinski definition) is 4. The Balaban J connectivity index is 2.21. The molecule has 2 atom stereocenters. The molecule has 2 aromatic rings. The van der Waals surface area contributed by atoms with Crippen LogP contribution in [0.3, 0.4) is 0 Å². The van der Waals surface area contributed by atoms with Gasteiger partial charge in [-0.25, -0.2) is 9.59 Å². The van der Waals surface area contributed by atoms with E-state index in [1.165, 1.54) is 12.2 Å². The Bertz CT molecular complexity index is 607. The molecule has 4 nitrogen and oxygen atoms in total. The maximum Gasteiger partial charge on any atom is 0.168 e. The van der Waals surface area contributed by atoms with Gasteiger partial charge in [0.15, 0.2) is 12.2 Å². The quantitative estimate of drug-likeness (QED) is 0.737. The average Bonchev–Trinajstić information content (AvgIpc) is 2.56. The largest absolute Gasteiger partial charge is 0.481 e. The second-order valence-electron chi connectivity index (χ2n) is 4.36. The van der Waals surface area contributed by atoms with E-state index in [2.05, 4.69) is 0 Å². The van der Waals surface area contributed by atoms with Crippen molar-refractivity contribution in [1.82, 2.24) is 0 Å². The van der Waals surface area contributed by atoms with E-state index in [9.17, 15) is 9.59 Å². The lowest BCUT2D eigenvalue weighted by Crippen LogP contribution is -2.33. The summed E-state index contributed by atoms with van der Waals surface area (Å²) in [5.74, 6) is 4.48. The number of ether oxygens (including phenoxy) is 2. The van der Waals surface area contributed by atoms with Gasteiger partial charge in [-0.1, -0.05) is 36.4 Å². The zero-order valence-electron chi connectivity index (χ0n) is 11.7. The van der Waals surface area contributed by atoms with Crippen LogP contribution in [0.15, 0.2) is 72.8 Å². The van der Waals surface area contributed by atoms with Crippen molar-refractivity contribution >= 4 is 11.9 Å². The van der Waals surface area contributed by atoms with Crippen molar-refractivity contribution in [2.75, 3.05) is 0 Å². The van der Waals surface area contributed by atoms with Gasteiger partial charge in [-0.3, -0.25) is 0 Å². The maximum atomic E-state index is 10.7. The Hall–Kier alpha value is -3.06. The van der Waals surface area contributed by atoms with Crippen molar-refractivity contribution in [2.45, 2.75) is 12.2 Å². The first-order chi connectivity index (χ1) is 10.8. The molecular formula is C18H14O4.